The number of nitrogens with one attached hydrogen (secondary N) is 1. The standard InChI is InChI=1S/C24H25N3O4/c1-14-9-18(25-12-15(14)2)11-19(28)5-3-16-4-6-20-17(10-16)13-27(24(20)31)21-7-8-22(29)26-23(21)30/h4,6,9-10,12,21H,3,5,7-8,11,13H2,1-2H3,(H,26,29,30). The van der Waals surface area contributed by atoms with Gasteiger partial charge in [0.1, 0.15) is 11.8 Å². The molecule has 7 nitrogen and oxygen atoms in total. The van der Waals surface area contributed by atoms with Crippen LogP contribution in [0.3, 0.4) is 0 Å². The predicted octanol–water partition coefficient (Wildman–Crippen LogP) is 2.20. The van der Waals surface area contributed by atoms with Gasteiger partial charge in [-0.15, -0.1) is 0 Å². The number of hydrogen-bond acceptors (Lipinski definition) is 5. The third-order valence-corrected chi connectivity index (χ3v) is 6.09. The van der Waals surface area contributed by atoms with E-state index in [0.29, 0.717) is 37.8 Å². The molecule has 2 aliphatic heterocycles. The molecular weight excluding hydrogens is 394 g/mol. The van der Waals surface area contributed by atoms with Crippen molar-refractivity contribution in [3.8, 4) is 0 Å². The van der Waals surface area contributed by atoms with Crippen molar-refractivity contribution in [2.45, 2.75) is 58.5 Å². The second kappa shape index (κ2) is 8.41. The van der Waals surface area contributed by atoms with E-state index in [0.717, 1.165) is 27.9 Å². The fraction of sp³-hybridized carbons (Fsp3) is 0.375. The summed E-state index contributed by atoms with van der Waals surface area (Å²) in [5.41, 5.74) is 5.44. The Morgan fingerprint density at radius 3 is 2.71 bits per heavy atom. The normalized spacial score (nSPS) is 18.2. The fourth-order valence-corrected chi connectivity index (χ4v) is 4.14. The highest BCUT2D eigenvalue weighted by atomic mass is 16.2. The molecule has 2 aliphatic rings. The van der Waals surface area contributed by atoms with Crippen LogP contribution < -0.4 is 5.32 Å². The van der Waals surface area contributed by atoms with Crippen LogP contribution in [0.5, 0.6) is 0 Å². The first-order chi connectivity index (χ1) is 14.8. The van der Waals surface area contributed by atoms with E-state index in [4.69, 9.17) is 0 Å². The first-order valence-electron chi connectivity index (χ1n) is 10.5. The first-order valence-corrected chi connectivity index (χ1v) is 10.5. The first kappa shape index (κ1) is 20.9. The van der Waals surface area contributed by atoms with Crippen LogP contribution in [0, 0.1) is 13.8 Å². The van der Waals surface area contributed by atoms with Gasteiger partial charge in [-0.3, -0.25) is 29.5 Å². The number of aryl methyl sites for hydroxylation is 3. The number of ketones is 1. The number of imide groups is 1. The molecule has 4 rings (SSSR count). The molecule has 7 heteroatoms. The van der Waals surface area contributed by atoms with E-state index in [1.807, 2.05) is 32.0 Å². The second-order valence-corrected chi connectivity index (χ2v) is 8.37. The molecule has 1 fully saturated rings. The number of carbonyl (C=O) groups excluding carboxylic acids is 4. The van der Waals surface area contributed by atoms with E-state index in [1.165, 1.54) is 4.90 Å². The maximum absolute atomic E-state index is 12.8. The third kappa shape index (κ3) is 4.40. The van der Waals surface area contributed by atoms with E-state index in [9.17, 15) is 19.2 Å². The van der Waals surface area contributed by atoms with Crippen LogP contribution in [0.4, 0.5) is 0 Å². The van der Waals surface area contributed by atoms with Crippen molar-refractivity contribution >= 4 is 23.5 Å². The van der Waals surface area contributed by atoms with Crippen LogP contribution in [0.15, 0.2) is 30.5 Å². The number of Topliss-reactive ketones (excluding diaryl/α,β-unsaturated/α-hetero) is 1. The molecule has 31 heavy (non-hydrogen) atoms. The molecule has 1 atom stereocenters. The summed E-state index contributed by atoms with van der Waals surface area (Å²) < 4.78 is 0. The zero-order valence-corrected chi connectivity index (χ0v) is 17.7. The Kier molecular flexibility index (Phi) is 5.67. The maximum Gasteiger partial charge on any atom is 0.255 e. The van der Waals surface area contributed by atoms with Crippen LogP contribution in [0.1, 0.15) is 57.6 Å². The third-order valence-electron chi connectivity index (χ3n) is 6.09. The van der Waals surface area contributed by atoms with E-state index < -0.39 is 11.9 Å². The molecule has 0 radical (unpaired) electrons. The largest absolute Gasteiger partial charge is 0.322 e. The summed E-state index contributed by atoms with van der Waals surface area (Å²) in [5.74, 6) is -0.776. The topological polar surface area (TPSA) is 96.4 Å². The van der Waals surface area contributed by atoms with E-state index in [1.54, 1.807) is 12.3 Å². The summed E-state index contributed by atoms with van der Waals surface area (Å²) in [7, 11) is 0. The number of carbonyl (C=O) groups is 4. The average molecular weight is 419 g/mol. The van der Waals surface area contributed by atoms with Crippen molar-refractivity contribution in [3.63, 3.8) is 0 Å². The lowest BCUT2D eigenvalue weighted by molar-refractivity contribution is -0.137. The second-order valence-electron chi connectivity index (χ2n) is 8.37. The highest BCUT2D eigenvalue weighted by Gasteiger charge is 2.39. The molecule has 3 heterocycles. The Morgan fingerprint density at radius 1 is 1.16 bits per heavy atom. The number of piperidine rings is 1. The lowest BCUT2D eigenvalue weighted by atomic mass is 10.0. The van der Waals surface area contributed by atoms with Gasteiger partial charge in [-0.05, 0) is 61.1 Å². The number of aromatic nitrogens is 1. The molecule has 0 bridgehead atoms. The fourth-order valence-electron chi connectivity index (χ4n) is 4.14. The molecule has 160 valence electrons. The van der Waals surface area contributed by atoms with Gasteiger partial charge in [-0.25, -0.2) is 0 Å². The van der Waals surface area contributed by atoms with Crippen molar-refractivity contribution in [2.75, 3.05) is 0 Å². The highest BCUT2D eigenvalue weighted by molar-refractivity contribution is 6.05. The van der Waals surface area contributed by atoms with Crippen LogP contribution in [0.25, 0.3) is 0 Å². The number of rotatable bonds is 6. The van der Waals surface area contributed by atoms with E-state index in [2.05, 4.69) is 10.3 Å². The molecule has 0 aliphatic carbocycles. The molecule has 1 aromatic heterocycles. The zero-order chi connectivity index (χ0) is 22.1. The van der Waals surface area contributed by atoms with Gasteiger partial charge in [0.2, 0.25) is 11.8 Å². The van der Waals surface area contributed by atoms with Gasteiger partial charge in [0.05, 0.1) is 0 Å². The van der Waals surface area contributed by atoms with Crippen molar-refractivity contribution in [2.24, 2.45) is 0 Å². The van der Waals surface area contributed by atoms with Gasteiger partial charge < -0.3 is 4.90 Å². The Bertz CT molecular complexity index is 1090. The van der Waals surface area contributed by atoms with Crippen LogP contribution in [-0.2, 0) is 33.8 Å². The molecule has 1 unspecified atom stereocenters. The summed E-state index contributed by atoms with van der Waals surface area (Å²) in [4.78, 5) is 54.6. The highest BCUT2D eigenvalue weighted by Crippen LogP contribution is 2.28. The monoisotopic (exact) mass is 419 g/mol. The number of hydrogen-bond donors (Lipinski definition) is 1. The Balaban J connectivity index is 1.38. The van der Waals surface area contributed by atoms with E-state index in [-0.39, 0.29) is 24.0 Å². The molecular formula is C24H25N3O4. The van der Waals surface area contributed by atoms with E-state index >= 15 is 0 Å². The van der Waals surface area contributed by atoms with Crippen molar-refractivity contribution < 1.29 is 19.2 Å². The van der Waals surface area contributed by atoms with Gasteiger partial charge in [0.25, 0.3) is 5.91 Å². The maximum atomic E-state index is 12.8. The van der Waals surface area contributed by atoms with Crippen LogP contribution in [0.2, 0.25) is 0 Å². The van der Waals surface area contributed by atoms with Crippen molar-refractivity contribution in [1.82, 2.24) is 15.2 Å². The van der Waals surface area contributed by atoms with Gasteiger partial charge in [-0.2, -0.15) is 0 Å². The lowest BCUT2D eigenvalue weighted by Crippen LogP contribution is -2.52. The molecule has 2 aromatic rings. The quantitative estimate of drug-likeness (QED) is 0.724. The minimum absolute atomic E-state index is 0.123. The van der Waals surface area contributed by atoms with Crippen molar-refractivity contribution in [3.05, 3.63) is 64.0 Å². The number of nitrogens with zero attached hydrogens (tertiary/aromatic N) is 2. The van der Waals surface area contributed by atoms with Crippen molar-refractivity contribution in [1.29, 1.82) is 0 Å². The van der Waals surface area contributed by atoms with Crippen LogP contribution >= 0.6 is 0 Å². The minimum atomic E-state index is -0.618. The summed E-state index contributed by atoms with van der Waals surface area (Å²) >= 11 is 0. The SMILES string of the molecule is Cc1cnc(CC(=O)CCc2ccc3c(c2)CN(C2CCC(=O)NC2=O)C3=O)cc1C. The Labute approximate surface area is 180 Å². The minimum Gasteiger partial charge on any atom is -0.322 e. The summed E-state index contributed by atoms with van der Waals surface area (Å²) in [5, 5.41) is 2.31. The summed E-state index contributed by atoms with van der Waals surface area (Å²) in [6.07, 6.45) is 3.68. The number of amides is 3. The zero-order valence-electron chi connectivity index (χ0n) is 17.7. The van der Waals surface area contributed by atoms with Gasteiger partial charge >= 0.3 is 0 Å². The lowest BCUT2D eigenvalue weighted by Gasteiger charge is -2.29. The van der Waals surface area contributed by atoms with Gasteiger partial charge in [0, 0.05) is 43.3 Å². The summed E-state index contributed by atoms with van der Waals surface area (Å²) in [6.45, 7) is 4.34. The Hall–Kier alpha value is -3.35. The van der Waals surface area contributed by atoms with Crippen LogP contribution in [-0.4, -0.2) is 39.4 Å². The predicted molar refractivity (Wildman–Crippen MR) is 113 cm³/mol. The molecule has 3 amide bonds. The number of benzene rings is 1. The molecule has 0 saturated carbocycles. The smallest absolute Gasteiger partial charge is 0.255 e. The average Bonchev–Trinajstić information content (AvgIpc) is 3.05. The molecule has 0 spiro atoms. The summed E-state index contributed by atoms with van der Waals surface area (Å²) in [6, 6.07) is 6.92. The molecule has 1 N–H and O–H groups in total. The number of fused-ring (bicyclic) bond motifs is 1. The molecule has 1 aromatic carbocycles. The Morgan fingerprint density at radius 2 is 1.97 bits per heavy atom. The molecule has 1 saturated heterocycles. The van der Waals surface area contributed by atoms with Gasteiger partial charge in [-0.1, -0.05) is 12.1 Å². The van der Waals surface area contributed by atoms with Gasteiger partial charge in [0.15, 0.2) is 0 Å². The number of pyridine rings is 1.